The van der Waals surface area contributed by atoms with Crippen molar-refractivity contribution in [3.05, 3.63) is 107 Å². The van der Waals surface area contributed by atoms with Crippen molar-refractivity contribution in [3.63, 3.8) is 0 Å². The zero-order valence-electron chi connectivity index (χ0n) is 19.5. The van der Waals surface area contributed by atoms with Gasteiger partial charge in [-0.1, -0.05) is 78.9 Å². The van der Waals surface area contributed by atoms with Gasteiger partial charge in [-0.2, -0.15) is 0 Å². The Labute approximate surface area is 212 Å². The molecule has 34 heavy (non-hydrogen) atoms. The van der Waals surface area contributed by atoms with Crippen molar-refractivity contribution in [1.29, 1.82) is 0 Å². The van der Waals surface area contributed by atoms with Crippen LogP contribution >= 0.6 is 0 Å². The van der Waals surface area contributed by atoms with Gasteiger partial charge in [0.05, 0.1) is 32.8 Å². The molecule has 3 heterocycles. The fraction of sp³-hybridized carbons (Fsp3) is 0.379. The number of benzene rings is 3. The van der Waals surface area contributed by atoms with Crippen LogP contribution in [0, 0.1) is 11.2 Å². The number of aliphatic hydroxyl groups is 1. The Morgan fingerprint density at radius 3 is 1.82 bits per heavy atom. The zero-order valence-corrected chi connectivity index (χ0v) is 21.1. The van der Waals surface area contributed by atoms with Crippen LogP contribution in [0.4, 0.5) is 4.39 Å². The molecule has 3 aromatic rings. The molecule has 5 heteroatoms. The van der Waals surface area contributed by atoms with Crippen molar-refractivity contribution in [2.24, 2.45) is 5.41 Å². The third kappa shape index (κ3) is 4.47. The smallest absolute Gasteiger partial charge is 0.128 e. The van der Waals surface area contributed by atoms with E-state index in [9.17, 15) is 9.50 Å². The molecular formula is C29H33BrFNO2. The Morgan fingerprint density at radius 2 is 1.29 bits per heavy atom. The van der Waals surface area contributed by atoms with Gasteiger partial charge in [-0.15, -0.1) is 0 Å². The van der Waals surface area contributed by atoms with Gasteiger partial charge in [-0.25, -0.2) is 4.39 Å². The average molecular weight is 526 g/mol. The van der Waals surface area contributed by atoms with E-state index in [2.05, 4.69) is 24.3 Å². The molecule has 3 saturated heterocycles. The molecule has 0 saturated carbocycles. The Hall–Kier alpha value is -2.05. The highest BCUT2D eigenvalue weighted by Crippen LogP contribution is 2.57. The number of nitrogens with zero attached hydrogens (tertiary/aromatic N) is 1. The molecule has 0 aliphatic carbocycles. The summed E-state index contributed by atoms with van der Waals surface area (Å²) >= 11 is 0. The number of rotatable bonds is 8. The van der Waals surface area contributed by atoms with Crippen molar-refractivity contribution < 1.29 is 35.7 Å². The largest absolute Gasteiger partial charge is 1.00 e. The maximum atomic E-state index is 13.8. The predicted octanol–water partition coefficient (Wildman–Crippen LogP) is 2.28. The molecule has 0 aromatic heterocycles. The second-order valence-electron chi connectivity index (χ2n) is 9.85. The van der Waals surface area contributed by atoms with Gasteiger partial charge in [0.1, 0.15) is 18.0 Å². The highest BCUT2D eigenvalue weighted by molar-refractivity contribution is 5.39. The summed E-state index contributed by atoms with van der Waals surface area (Å²) in [5, 5.41) is 12.4. The van der Waals surface area contributed by atoms with Gasteiger partial charge in [-0.05, 0) is 17.2 Å². The van der Waals surface area contributed by atoms with E-state index in [0.29, 0.717) is 18.8 Å². The van der Waals surface area contributed by atoms with Crippen LogP contribution in [-0.2, 0) is 16.9 Å². The molecule has 0 unspecified atom stereocenters. The van der Waals surface area contributed by atoms with E-state index < -0.39 is 5.60 Å². The lowest BCUT2D eigenvalue weighted by molar-refractivity contribution is -0.946. The first-order valence-corrected chi connectivity index (χ1v) is 12.1. The third-order valence-corrected chi connectivity index (χ3v) is 8.27. The van der Waals surface area contributed by atoms with Crippen LogP contribution in [0.1, 0.15) is 36.0 Å². The quantitative estimate of drug-likeness (QED) is 0.361. The van der Waals surface area contributed by atoms with Crippen LogP contribution in [0.5, 0.6) is 0 Å². The monoisotopic (exact) mass is 525 g/mol. The molecule has 3 fully saturated rings. The summed E-state index contributed by atoms with van der Waals surface area (Å²) in [5.74, 6) is -0.202. The van der Waals surface area contributed by atoms with Gasteiger partial charge in [-0.3, -0.25) is 0 Å². The summed E-state index contributed by atoms with van der Waals surface area (Å²) < 4.78 is 20.8. The SMILES string of the molecule is OC(c1ccccc1)(c1ccccc1)C12CC[N+](CCOCc3ccccc3F)(CC1)CC2.[Br-]. The van der Waals surface area contributed by atoms with Crippen LogP contribution in [-0.4, -0.2) is 42.4 Å². The lowest BCUT2D eigenvalue weighted by atomic mass is 9.56. The number of fused-ring (bicyclic) bond motifs is 3. The topological polar surface area (TPSA) is 29.5 Å². The van der Waals surface area contributed by atoms with Crippen LogP contribution in [0.3, 0.4) is 0 Å². The second-order valence-corrected chi connectivity index (χ2v) is 9.85. The van der Waals surface area contributed by atoms with Crippen LogP contribution in [0.2, 0.25) is 0 Å². The first-order valence-electron chi connectivity index (χ1n) is 12.1. The van der Waals surface area contributed by atoms with Crippen LogP contribution < -0.4 is 17.0 Å². The average Bonchev–Trinajstić information content (AvgIpc) is 2.89. The molecule has 3 aliphatic rings. The van der Waals surface area contributed by atoms with E-state index in [-0.39, 0.29) is 28.2 Å². The molecule has 3 aliphatic heterocycles. The molecule has 180 valence electrons. The van der Waals surface area contributed by atoms with E-state index in [1.807, 2.05) is 42.5 Å². The first kappa shape index (κ1) is 25.1. The van der Waals surface area contributed by atoms with E-state index in [0.717, 1.165) is 61.1 Å². The maximum absolute atomic E-state index is 13.8. The lowest BCUT2D eigenvalue weighted by Gasteiger charge is -2.60. The van der Waals surface area contributed by atoms with E-state index in [1.165, 1.54) is 6.07 Å². The highest BCUT2D eigenvalue weighted by atomic mass is 79.9. The van der Waals surface area contributed by atoms with E-state index in [1.54, 1.807) is 12.1 Å². The van der Waals surface area contributed by atoms with Gasteiger partial charge >= 0.3 is 0 Å². The first-order chi connectivity index (χ1) is 16.1. The molecule has 3 nitrogen and oxygen atoms in total. The van der Waals surface area contributed by atoms with Gasteiger partial charge in [0.2, 0.25) is 0 Å². The van der Waals surface area contributed by atoms with Gasteiger partial charge < -0.3 is 31.3 Å². The minimum atomic E-state index is -0.993. The molecule has 6 rings (SSSR count). The van der Waals surface area contributed by atoms with Gasteiger partial charge in [0.15, 0.2) is 0 Å². The fourth-order valence-corrected chi connectivity index (χ4v) is 6.14. The van der Waals surface area contributed by atoms with E-state index in [4.69, 9.17) is 4.74 Å². The van der Waals surface area contributed by atoms with Crippen molar-refractivity contribution >= 4 is 0 Å². The number of piperidine rings is 3. The number of ether oxygens (including phenoxy) is 1. The minimum absolute atomic E-state index is 0. The number of hydrogen-bond acceptors (Lipinski definition) is 2. The van der Waals surface area contributed by atoms with E-state index >= 15 is 0 Å². The lowest BCUT2D eigenvalue weighted by Crippen LogP contribution is -3.00. The Balaban J connectivity index is 0.00000274. The molecular weight excluding hydrogens is 493 g/mol. The Bertz CT molecular complexity index is 1010. The molecule has 0 spiro atoms. The summed E-state index contributed by atoms with van der Waals surface area (Å²) in [5.41, 5.74) is 1.44. The normalized spacial score (nSPS) is 23.9. The molecule has 2 bridgehead atoms. The summed E-state index contributed by atoms with van der Waals surface area (Å²) in [6, 6.07) is 27.2. The number of quaternary nitrogens is 1. The Morgan fingerprint density at radius 1 is 0.794 bits per heavy atom. The second kappa shape index (κ2) is 10.3. The van der Waals surface area contributed by atoms with Crippen molar-refractivity contribution in [2.45, 2.75) is 31.5 Å². The zero-order chi connectivity index (χ0) is 22.8. The van der Waals surface area contributed by atoms with Crippen LogP contribution in [0.15, 0.2) is 84.9 Å². The standard InChI is InChI=1S/C29H33FNO2.BrH/c30-27-14-8-7-9-24(27)23-33-22-21-31-18-15-28(16-19-31,17-20-31)29(32,25-10-3-1-4-11-25)26-12-5-2-6-13-26;/h1-14,32H,15-23H2;1H/q+1;/p-1. The van der Waals surface area contributed by atoms with Crippen LogP contribution in [0.25, 0.3) is 0 Å². The van der Waals surface area contributed by atoms with Crippen molar-refractivity contribution in [3.8, 4) is 0 Å². The van der Waals surface area contributed by atoms with Gasteiger partial charge in [0.25, 0.3) is 0 Å². The number of hydrogen-bond donors (Lipinski definition) is 1. The number of halogens is 2. The van der Waals surface area contributed by atoms with Gasteiger partial charge in [0, 0.05) is 30.2 Å². The highest BCUT2D eigenvalue weighted by Gasteiger charge is 2.60. The van der Waals surface area contributed by atoms with Crippen molar-refractivity contribution in [1.82, 2.24) is 0 Å². The maximum Gasteiger partial charge on any atom is 0.128 e. The minimum Gasteiger partial charge on any atom is -1.00 e. The molecule has 0 amide bonds. The summed E-state index contributed by atoms with van der Waals surface area (Å²) in [4.78, 5) is 0. The third-order valence-electron chi connectivity index (χ3n) is 8.27. The molecule has 3 aromatic carbocycles. The van der Waals surface area contributed by atoms with Crippen molar-refractivity contribution in [2.75, 3.05) is 32.8 Å². The summed E-state index contributed by atoms with van der Waals surface area (Å²) in [6.07, 6.45) is 2.96. The summed E-state index contributed by atoms with van der Waals surface area (Å²) in [7, 11) is 0. The summed E-state index contributed by atoms with van der Waals surface area (Å²) in [6.45, 7) is 5.03. The fourth-order valence-electron chi connectivity index (χ4n) is 6.14. The molecule has 1 N–H and O–H groups in total. The molecule has 0 atom stereocenters. The molecule has 0 radical (unpaired) electrons. The Kier molecular flexibility index (Phi) is 7.58. The predicted molar refractivity (Wildman–Crippen MR) is 128 cm³/mol.